The van der Waals surface area contributed by atoms with Crippen LogP contribution in [-0.2, 0) is 0 Å². The van der Waals surface area contributed by atoms with E-state index in [1.165, 1.54) is 11.1 Å². The fourth-order valence-corrected chi connectivity index (χ4v) is 0.834. The minimum Gasteiger partial charge on any atom is -0.0958 e. The minimum atomic E-state index is 1.02. The zero-order valence-corrected chi connectivity index (χ0v) is 13.0. The maximum atomic E-state index is 3.92. The lowest BCUT2D eigenvalue weighted by Crippen LogP contribution is -1.73. The summed E-state index contributed by atoms with van der Waals surface area (Å²) >= 11 is 0. The summed E-state index contributed by atoms with van der Waals surface area (Å²) in [4.78, 5) is 0. The zero-order valence-electron chi connectivity index (χ0n) is 13.0. The third-order valence-electron chi connectivity index (χ3n) is 1.84. The lowest BCUT2D eigenvalue weighted by atomic mass is 10.1. The van der Waals surface area contributed by atoms with E-state index in [0.29, 0.717) is 0 Å². The molecule has 0 saturated carbocycles. The Morgan fingerprint density at radius 2 is 1.47 bits per heavy atom. The van der Waals surface area contributed by atoms with Crippen molar-refractivity contribution in [1.82, 2.24) is 0 Å². The van der Waals surface area contributed by atoms with Crippen LogP contribution in [0.5, 0.6) is 0 Å². The number of hydrogen-bond acceptors (Lipinski definition) is 0. The first-order chi connectivity index (χ1) is 8.24. The average Bonchev–Trinajstić information content (AvgIpc) is 2.43. The molecule has 0 nitrogen and oxygen atoms in total. The predicted octanol–water partition coefficient (Wildman–Crippen LogP) is 6.47. The maximum Gasteiger partial charge on any atom is -0.0303 e. The van der Waals surface area contributed by atoms with E-state index in [1.54, 1.807) is 0 Å². The quantitative estimate of drug-likeness (QED) is 0.480. The van der Waals surface area contributed by atoms with Crippen molar-refractivity contribution in [2.24, 2.45) is 0 Å². The van der Waals surface area contributed by atoms with Gasteiger partial charge in [0.15, 0.2) is 0 Å². The van der Waals surface area contributed by atoms with Crippen LogP contribution in [0.2, 0.25) is 0 Å². The Hall–Kier alpha value is -1.04. The molecule has 0 heterocycles. The monoisotopic (exact) mass is 236 g/mol. The van der Waals surface area contributed by atoms with Crippen LogP contribution in [0.15, 0.2) is 48.1 Å². The van der Waals surface area contributed by atoms with Crippen LogP contribution < -0.4 is 0 Å². The summed E-state index contributed by atoms with van der Waals surface area (Å²) in [5.74, 6) is 0. The largest absolute Gasteiger partial charge is 0.0958 e. The highest BCUT2D eigenvalue weighted by molar-refractivity contribution is 5.33. The Kier molecular flexibility index (Phi) is 25.5. The van der Waals surface area contributed by atoms with Gasteiger partial charge < -0.3 is 0 Å². The van der Waals surface area contributed by atoms with Crippen molar-refractivity contribution >= 4 is 0 Å². The molecule has 0 N–H and O–H groups in total. The number of rotatable bonds is 5. The molecule has 0 unspecified atom stereocenters. The molecular weight excluding hydrogens is 204 g/mol. The van der Waals surface area contributed by atoms with E-state index in [9.17, 15) is 0 Å². The molecule has 0 aliphatic rings. The second-order valence-corrected chi connectivity index (χ2v) is 2.94. The van der Waals surface area contributed by atoms with Crippen LogP contribution in [0.25, 0.3) is 0 Å². The van der Waals surface area contributed by atoms with Gasteiger partial charge in [-0.05, 0) is 25.3 Å². The summed E-state index contributed by atoms with van der Waals surface area (Å²) in [5, 5.41) is 0. The molecule has 0 aliphatic heterocycles. The summed E-state index contributed by atoms with van der Waals surface area (Å²) in [7, 11) is 0. The van der Waals surface area contributed by atoms with E-state index in [1.807, 2.05) is 34.6 Å². The van der Waals surface area contributed by atoms with Crippen LogP contribution >= 0.6 is 0 Å². The third-order valence-corrected chi connectivity index (χ3v) is 1.84. The van der Waals surface area contributed by atoms with Crippen LogP contribution in [0.1, 0.15) is 61.3 Å². The van der Waals surface area contributed by atoms with Crippen molar-refractivity contribution in [3.63, 3.8) is 0 Å². The van der Waals surface area contributed by atoms with Gasteiger partial charge >= 0.3 is 0 Å². The van der Waals surface area contributed by atoms with Crippen LogP contribution in [0.4, 0.5) is 0 Å². The topological polar surface area (TPSA) is 0 Å². The molecule has 0 aromatic heterocycles. The first-order valence-corrected chi connectivity index (χ1v) is 6.93. The van der Waals surface area contributed by atoms with Crippen molar-refractivity contribution in [2.45, 2.75) is 61.3 Å². The van der Waals surface area contributed by atoms with Crippen molar-refractivity contribution in [3.8, 4) is 0 Å². The standard InChI is InChI=1S/C13H20.2C2H6/c1-5-8-9-13(7-3)11-10-12(4)6-2;2*1-2/h7-11H,4-6H2,1-3H3;2*1-2H3/b9-8-,11-10-,13-7-;;. The Labute approximate surface area is 110 Å². The van der Waals surface area contributed by atoms with Crippen LogP contribution in [0.3, 0.4) is 0 Å². The Bertz CT molecular complexity index is 226. The summed E-state index contributed by atoms with van der Waals surface area (Å²) in [6.45, 7) is 18.2. The van der Waals surface area contributed by atoms with Gasteiger partial charge in [0, 0.05) is 0 Å². The summed E-state index contributed by atoms with van der Waals surface area (Å²) in [6, 6.07) is 0. The smallest absolute Gasteiger partial charge is 0.0303 e. The Morgan fingerprint density at radius 1 is 0.941 bits per heavy atom. The van der Waals surface area contributed by atoms with Gasteiger partial charge in [-0.2, -0.15) is 0 Å². The molecule has 0 heteroatoms. The molecule has 0 fully saturated rings. The maximum absolute atomic E-state index is 3.92. The Morgan fingerprint density at radius 3 is 1.82 bits per heavy atom. The average molecular weight is 236 g/mol. The number of allylic oxidation sites excluding steroid dienone is 7. The lowest BCUT2D eigenvalue weighted by Gasteiger charge is -1.93. The minimum absolute atomic E-state index is 1.02. The molecule has 0 spiro atoms. The van der Waals surface area contributed by atoms with E-state index in [-0.39, 0.29) is 0 Å². The fourth-order valence-electron chi connectivity index (χ4n) is 0.834. The number of hydrogen-bond donors (Lipinski definition) is 0. The molecule has 0 aromatic rings. The van der Waals surface area contributed by atoms with Gasteiger partial charge in [-0.1, -0.05) is 84.1 Å². The third kappa shape index (κ3) is 17.6. The zero-order chi connectivity index (χ0) is 14.1. The molecule has 0 saturated heterocycles. The van der Waals surface area contributed by atoms with Gasteiger partial charge in [0.05, 0.1) is 0 Å². The van der Waals surface area contributed by atoms with Crippen molar-refractivity contribution in [1.29, 1.82) is 0 Å². The van der Waals surface area contributed by atoms with Gasteiger partial charge in [-0.3, -0.25) is 0 Å². The van der Waals surface area contributed by atoms with E-state index in [2.05, 4.69) is 50.8 Å². The first kappa shape index (κ1) is 21.3. The molecule has 0 amide bonds. The van der Waals surface area contributed by atoms with Crippen molar-refractivity contribution in [2.75, 3.05) is 0 Å². The predicted molar refractivity (Wildman–Crippen MR) is 84.5 cm³/mol. The SMILES string of the molecule is C=C(\C=C/C(/C=C\CC)=C\C)CC.CC.CC. The molecular formula is C17H32. The normalized spacial score (nSPS) is 10.6. The van der Waals surface area contributed by atoms with Gasteiger partial charge in [0.25, 0.3) is 0 Å². The van der Waals surface area contributed by atoms with E-state index >= 15 is 0 Å². The lowest BCUT2D eigenvalue weighted by molar-refractivity contribution is 1.16. The second kappa shape index (κ2) is 20.4. The molecule has 17 heavy (non-hydrogen) atoms. The molecule has 0 aliphatic carbocycles. The molecule has 100 valence electrons. The van der Waals surface area contributed by atoms with Gasteiger partial charge in [-0.25, -0.2) is 0 Å². The molecule has 0 radical (unpaired) electrons. The summed E-state index contributed by atoms with van der Waals surface area (Å²) in [6.07, 6.45) is 12.7. The Balaban J connectivity index is -0.000000439. The summed E-state index contributed by atoms with van der Waals surface area (Å²) in [5.41, 5.74) is 2.42. The highest BCUT2D eigenvalue weighted by Crippen LogP contribution is 2.05. The highest BCUT2D eigenvalue weighted by atomic mass is 13.9. The van der Waals surface area contributed by atoms with Crippen LogP contribution in [-0.4, -0.2) is 0 Å². The van der Waals surface area contributed by atoms with Gasteiger partial charge in [0.2, 0.25) is 0 Å². The van der Waals surface area contributed by atoms with Crippen molar-refractivity contribution < 1.29 is 0 Å². The molecule has 0 bridgehead atoms. The van der Waals surface area contributed by atoms with E-state index < -0.39 is 0 Å². The molecule has 0 aromatic carbocycles. The van der Waals surface area contributed by atoms with E-state index in [4.69, 9.17) is 0 Å². The fraction of sp³-hybridized carbons (Fsp3) is 0.529. The first-order valence-electron chi connectivity index (χ1n) is 6.93. The highest BCUT2D eigenvalue weighted by Gasteiger charge is 1.84. The van der Waals surface area contributed by atoms with Crippen LogP contribution in [0, 0.1) is 0 Å². The van der Waals surface area contributed by atoms with Crippen molar-refractivity contribution in [3.05, 3.63) is 48.1 Å². The van der Waals surface area contributed by atoms with Gasteiger partial charge in [0.1, 0.15) is 0 Å². The summed E-state index contributed by atoms with van der Waals surface area (Å²) < 4.78 is 0. The second-order valence-electron chi connectivity index (χ2n) is 2.94. The van der Waals surface area contributed by atoms with Gasteiger partial charge in [-0.15, -0.1) is 0 Å². The van der Waals surface area contributed by atoms with E-state index in [0.717, 1.165) is 12.8 Å². The molecule has 0 rings (SSSR count). The molecule has 0 atom stereocenters.